The van der Waals surface area contributed by atoms with Gasteiger partial charge in [0.2, 0.25) is 0 Å². The lowest BCUT2D eigenvalue weighted by atomic mass is 10.0. The maximum atomic E-state index is 11.6. The second-order valence-corrected chi connectivity index (χ2v) is 3.49. The molecule has 0 aliphatic carbocycles. The first-order chi connectivity index (χ1) is 9.08. The quantitative estimate of drug-likeness (QED) is 0.569. The van der Waals surface area contributed by atoms with Crippen LogP contribution in [0.5, 0.6) is 5.75 Å². The Morgan fingerprint density at radius 1 is 1.26 bits per heavy atom. The Balaban J connectivity index is 0.000000741. The molecular formula is C14H21NO4. The van der Waals surface area contributed by atoms with Crippen molar-refractivity contribution < 1.29 is 14.5 Å². The highest BCUT2D eigenvalue weighted by Crippen LogP contribution is 2.30. The minimum atomic E-state index is -0.522. The number of nitro groups is 1. The molecule has 1 atom stereocenters. The summed E-state index contributed by atoms with van der Waals surface area (Å²) in [6, 6.07) is 4.08. The number of fused-ring (bicyclic) bond motifs is 1. The standard InChI is InChI=1S/C10H9NO4.2C2H6/c1-6-4-9(12)8-5-7(11(13)14)2-3-10(8)15-6;2*1-2/h2-3,5-6H,4H2,1H3;2*1-2H3/t6-;;/m1../s1. The van der Waals surface area contributed by atoms with E-state index in [2.05, 4.69) is 0 Å². The molecule has 0 bridgehead atoms. The number of Topliss-reactive ketones (excluding diaryl/α,β-unsaturated/α-hetero) is 1. The number of ketones is 1. The topological polar surface area (TPSA) is 69.4 Å². The molecule has 0 fully saturated rings. The summed E-state index contributed by atoms with van der Waals surface area (Å²) in [5.41, 5.74) is 0.225. The molecule has 19 heavy (non-hydrogen) atoms. The van der Waals surface area contributed by atoms with Crippen LogP contribution in [0.25, 0.3) is 0 Å². The fourth-order valence-corrected chi connectivity index (χ4v) is 1.58. The first-order valence-corrected chi connectivity index (χ1v) is 6.56. The molecule has 0 saturated heterocycles. The predicted molar refractivity (Wildman–Crippen MR) is 74.8 cm³/mol. The molecule has 5 nitrogen and oxygen atoms in total. The molecule has 1 heterocycles. The Kier molecular flexibility index (Phi) is 7.41. The monoisotopic (exact) mass is 267 g/mol. The van der Waals surface area contributed by atoms with Crippen molar-refractivity contribution in [1.82, 2.24) is 0 Å². The van der Waals surface area contributed by atoms with E-state index < -0.39 is 4.92 Å². The van der Waals surface area contributed by atoms with E-state index in [4.69, 9.17) is 4.74 Å². The van der Waals surface area contributed by atoms with Crippen LogP contribution in [0.3, 0.4) is 0 Å². The van der Waals surface area contributed by atoms with Crippen molar-refractivity contribution in [2.45, 2.75) is 47.1 Å². The maximum Gasteiger partial charge on any atom is 0.270 e. The van der Waals surface area contributed by atoms with Gasteiger partial charge in [-0.15, -0.1) is 0 Å². The van der Waals surface area contributed by atoms with Gasteiger partial charge in [-0.05, 0) is 13.0 Å². The highest BCUT2D eigenvalue weighted by Gasteiger charge is 2.25. The lowest BCUT2D eigenvalue weighted by Crippen LogP contribution is -2.23. The van der Waals surface area contributed by atoms with Crippen LogP contribution in [0.1, 0.15) is 51.4 Å². The van der Waals surface area contributed by atoms with Crippen LogP contribution >= 0.6 is 0 Å². The smallest absolute Gasteiger partial charge is 0.270 e. The van der Waals surface area contributed by atoms with E-state index in [0.29, 0.717) is 11.3 Å². The van der Waals surface area contributed by atoms with Crippen molar-refractivity contribution in [3.63, 3.8) is 0 Å². The van der Waals surface area contributed by atoms with Crippen molar-refractivity contribution in [2.75, 3.05) is 0 Å². The van der Waals surface area contributed by atoms with Gasteiger partial charge in [0.25, 0.3) is 5.69 Å². The number of nitro benzene ring substituents is 1. The van der Waals surface area contributed by atoms with Crippen molar-refractivity contribution in [1.29, 1.82) is 0 Å². The fourth-order valence-electron chi connectivity index (χ4n) is 1.58. The molecule has 0 radical (unpaired) electrons. The van der Waals surface area contributed by atoms with Gasteiger partial charge < -0.3 is 4.74 Å². The van der Waals surface area contributed by atoms with Gasteiger partial charge in [-0.25, -0.2) is 0 Å². The minimum absolute atomic E-state index is 0.0831. The fraction of sp³-hybridized carbons (Fsp3) is 0.500. The Morgan fingerprint density at radius 2 is 1.84 bits per heavy atom. The van der Waals surface area contributed by atoms with Gasteiger partial charge in [-0.1, -0.05) is 27.7 Å². The Labute approximate surface area is 113 Å². The average Bonchev–Trinajstić information content (AvgIpc) is 2.42. The molecule has 0 unspecified atom stereocenters. The zero-order valence-electron chi connectivity index (χ0n) is 12.1. The Morgan fingerprint density at radius 3 is 2.37 bits per heavy atom. The van der Waals surface area contributed by atoms with Gasteiger partial charge in [-0.2, -0.15) is 0 Å². The van der Waals surface area contributed by atoms with Gasteiger partial charge in [0.15, 0.2) is 5.78 Å². The number of non-ortho nitro benzene ring substituents is 1. The van der Waals surface area contributed by atoms with Crippen molar-refractivity contribution >= 4 is 11.5 Å². The Hall–Kier alpha value is -1.91. The van der Waals surface area contributed by atoms with Crippen molar-refractivity contribution in [3.05, 3.63) is 33.9 Å². The van der Waals surface area contributed by atoms with Crippen LogP contribution in [0.15, 0.2) is 18.2 Å². The van der Waals surface area contributed by atoms with Gasteiger partial charge in [-0.3, -0.25) is 14.9 Å². The largest absolute Gasteiger partial charge is 0.489 e. The molecule has 0 amide bonds. The number of ether oxygens (including phenoxy) is 1. The summed E-state index contributed by atoms with van der Waals surface area (Å²) in [7, 11) is 0. The van der Waals surface area contributed by atoms with Gasteiger partial charge in [0.05, 0.1) is 10.5 Å². The van der Waals surface area contributed by atoms with Crippen LogP contribution in [-0.2, 0) is 0 Å². The second kappa shape index (κ2) is 8.24. The van der Waals surface area contributed by atoms with Crippen LogP contribution in [0.4, 0.5) is 5.69 Å². The maximum absolute atomic E-state index is 11.6. The summed E-state index contributed by atoms with van der Waals surface area (Å²) in [4.78, 5) is 21.6. The number of rotatable bonds is 1. The molecule has 1 aliphatic heterocycles. The Bertz CT molecular complexity index is 443. The number of nitrogens with zero attached hydrogens (tertiary/aromatic N) is 1. The van der Waals surface area contributed by atoms with Crippen molar-refractivity contribution in [3.8, 4) is 5.75 Å². The third-order valence-corrected chi connectivity index (χ3v) is 2.28. The molecule has 1 aliphatic rings. The summed E-state index contributed by atoms with van der Waals surface area (Å²) in [5.74, 6) is 0.330. The van der Waals surface area contributed by atoms with E-state index in [1.54, 1.807) is 6.92 Å². The zero-order chi connectivity index (χ0) is 15.0. The molecule has 106 valence electrons. The summed E-state index contributed by atoms with van der Waals surface area (Å²) < 4.78 is 5.39. The molecule has 5 heteroatoms. The lowest BCUT2D eigenvalue weighted by molar-refractivity contribution is -0.384. The van der Waals surface area contributed by atoms with Crippen LogP contribution in [-0.4, -0.2) is 16.8 Å². The van der Waals surface area contributed by atoms with Gasteiger partial charge >= 0.3 is 0 Å². The second-order valence-electron chi connectivity index (χ2n) is 3.49. The summed E-state index contributed by atoms with van der Waals surface area (Å²) in [6.07, 6.45) is 0.111. The number of hydrogen-bond donors (Lipinski definition) is 0. The van der Waals surface area contributed by atoms with E-state index >= 15 is 0 Å². The number of carbonyl (C=O) groups excluding carboxylic acids is 1. The van der Waals surface area contributed by atoms with Crippen LogP contribution < -0.4 is 4.74 Å². The van der Waals surface area contributed by atoms with Crippen LogP contribution in [0, 0.1) is 10.1 Å². The molecule has 1 aromatic rings. The molecule has 2 rings (SSSR count). The lowest BCUT2D eigenvalue weighted by Gasteiger charge is -2.21. The van der Waals surface area contributed by atoms with E-state index in [-0.39, 0.29) is 24.0 Å². The van der Waals surface area contributed by atoms with E-state index in [1.807, 2.05) is 27.7 Å². The number of carbonyl (C=O) groups is 1. The molecule has 0 aromatic heterocycles. The normalized spacial score (nSPS) is 15.8. The van der Waals surface area contributed by atoms with E-state index in [1.165, 1.54) is 18.2 Å². The summed E-state index contributed by atoms with van der Waals surface area (Å²) in [5, 5.41) is 10.5. The predicted octanol–water partition coefficient (Wildman–Crippen LogP) is 4.00. The highest BCUT2D eigenvalue weighted by molar-refractivity contribution is 6.00. The molecule has 0 N–H and O–H groups in total. The molecular weight excluding hydrogens is 246 g/mol. The van der Waals surface area contributed by atoms with Crippen LogP contribution in [0.2, 0.25) is 0 Å². The van der Waals surface area contributed by atoms with Gasteiger partial charge in [0.1, 0.15) is 11.9 Å². The molecule has 0 spiro atoms. The van der Waals surface area contributed by atoms with E-state index in [9.17, 15) is 14.9 Å². The highest BCUT2D eigenvalue weighted by atomic mass is 16.6. The first-order valence-electron chi connectivity index (χ1n) is 6.56. The third kappa shape index (κ3) is 4.35. The third-order valence-electron chi connectivity index (χ3n) is 2.28. The summed E-state index contributed by atoms with van der Waals surface area (Å²) in [6.45, 7) is 9.79. The average molecular weight is 267 g/mol. The minimum Gasteiger partial charge on any atom is -0.489 e. The molecule has 1 aromatic carbocycles. The van der Waals surface area contributed by atoms with Gasteiger partial charge in [0, 0.05) is 18.6 Å². The first kappa shape index (κ1) is 17.1. The SMILES string of the molecule is CC.CC.C[C@@H]1CC(=O)c2cc([N+](=O)[O-])ccc2O1. The number of benzene rings is 1. The zero-order valence-corrected chi connectivity index (χ0v) is 12.1. The summed E-state index contributed by atoms with van der Waals surface area (Å²) >= 11 is 0. The number of hydrogen-bond acceptors (Lipinski definition) is 4. The van der Waals surface area contributed by atoms with Crippen molar-refractivity contribution in [2.24, 2.45) is 0 Å². The van der Waals surface area contributed by atoms with E-state index in [0.717, 1.165) is 0 Å². The molecule has 0 saturated carbocycles.